The molecule has 0 fully saturated rings. The smallest absolute Gasteiger partial charge is 0.230 e. The van der Waals surface area contributed by atoms with Gasteiger partial charge < -0.3 is 10.1 Å². The van der Waals surface area contributed by atoms with Gasteiger partial charge >= 0.3 is 0 Å². The zero-order valence-electron chi connectivity index (χ0n) is 16.4. The van der Waals surface area contributed by atoms with Gasteiger partial charge in [-0.3, -0.25) is 9.20 Å². The van der Waals surface area contributed by atoms with Crippen molar-refractivity contribution in [1.82, 2.24) is 19.9 Å². The van der Waals surface area contributed by atoms with E-state index >= 15 is 0 Å². The number of nitrogens with zero attached hydrogens (tertiary/aromatic N) is 3. The molecule has 0 aliphatic heterocycles. The minimum Gasteiger partial charge on any atom is -0.497 e. The number of aromatic nitrogens is 3. The highest BCUT2D eigenvalue weighted by Crippen LogP contribution is 2.28. The normalized spacial score (nSPS) is 11.1. The van der Waals surface area contributed by atoms with E-state index < -0.39 is 0 Å². The molecule has 2 aromatic carbocycles. The van der Waals surface area contributed by atoms with Crippen LogP contribution in [0, 0.1) is 6.92 Å². The maximum absolute atomic E-state index is 12.3. The first-order chi connectivity index (χ1) is 14.2. The van der Waals surface area contributed by atoms with E-state index in [9.17, 15) is 4.79 Å². The number of nitrogens with one attached hydrogen (secondary N) is 1. The number of rotatable bonds is 7. The fraction of sp³-hybridized carbons (Fsp3) is 0.227. The van der Waals surface area contributed by atoms with Gasteiger partial charge in [0.2, 0.25) is 5.91 Å². The van der Waals surface area contributed by atoms with Crippen LogP contribution in [0.3, 0.4) is 0 Å². The summed E-state index contributed by atoms with van der Waals surface area (Å²) < 4.78 is 7.37. The van der Waals surface area contributed by atoms with Crippen LogP contribution in [-0.4, -0.2) is 39.9 Å². The third kappa shape index (κ3) is 4.19. The third-order valence-corrected chi connectivity index (χ3v) is 5.68. The first-order valence-corrected chi connectivity index (χ1v) is 10.4. The molecule has 6 nitrogen and oxygen atoms in total. The fourth-order valence-electron chi connectivity index (χ4n) is 3.27. The van der Waals surface area contributed by atoms with E-state index in [1.54, 1.807) is 7.11 Å². The highest BCUT2D eigenvalue weighted by atomic mass is 32.2. The van der Waals surface area contributed by atoms with Gasteiger partial charge in [-0.15, -0.1) is 10.2 Å². The Balaban J connectivity index is 1.48. The third-order valence-electron chi connectivity index (χ3n) is 4.75. The van der Waals surface area contributed by atoms with Crippen molar-refractivity contribution in [3.05, 3.63) is 65.7 Å². The number of pyridine rings is 1. The molecule has 0 saturated carbocycles. The first-order valence-electron chi connectivity index (χ1n) is 9.41. The number of thioether (sulfide) groups is 1. The van der Waals surface area contributed by atoms with E-state index in [2.05, 4.69) is 33.7 Å². The largest absolute Gasteiger partial charge is 0.497 e. The average molecular weight is 407 g/mol. The number of hydrogen-bond acceptors (Lipinski definition) is 5. The second-order valence-corrected chi connectivity index (χ2v) is 7.71. The Morgan fingerprint density at radius 2 is 1.97 bits per heavy atom. The molecule has 4 aromatic rings. The van der Waals surface area contributed by atoms with Crippen LogP contribution in [0.5, 0.6) is 5.75 Å². The second kappa shape index (κ2) is 8.53. The number of benzene rings is 2. The summed E-state index contributed by atoms with van der Waals surface area (Å²) in [5, 5.41) is 13.4. The number of fused-ring (bicyclic) bond motifs is 3. The van der Waals surface area contributed by atoms with Gasteiger partial charge in [0, 0.05) is 12.6 Å². The van der Waals surface area contributed by atoms with Crippen molar-refractivity contribution >= 4 is 34.2 Å². The number of ether oxygens (including phenoxy) is 1. The van der Waals surface area contributed by atoms with Gasteiger partial charge in [0.1, 0.15) is 5.75 Å². The predicted octanol–water partition coefficient (Wildman–Crippen LogP) is 3.65. The Hall–Kier alpha value is -3.06. The Morgan fingerprint density at radius 3 is 2.76 bits per heavy atom. The quantitative estimate of drug-likeness (QED) is 0.475. The zero-order valence-corrected chi connectivity index (χ0v) is 17.2. The molecule has 0 aliphatic rings. The number of methoxy groups -OCH3 is 1. The minimum absolute atomic E-state index is 0.0165. The molecule has 1 N–H and O–H groups in total. The monoisotopic (exact) mass is 406 g/mol. The summed E-state index contributed by atoms with van der Waals surface area (Å²) in [6.45, 7) is 2.63. The number of aryl methyl sites for hydroxylation is 1. The predicted molar refractivity (Wildman–Crippen MR) is 116 cm³/mol. The Labute approximate surface area is 173 Å². The van der Waals surface area contributed by atoms with Gasteiger partial charge in [-0.05, 0) is 48.1 Å². The molecule has 0 unspecified atom stereocenters. The van der Waals surface area contributed by atoms with Crippen molar-refractivity contribution in [3.8, 4) is 5.75 Å². The van der Waals surface area contributed by atoms with Crippen molar-refractivity contribution in [2.24, 2.45) is 0 Å². The molecular weight excluding hydrogens is 384 g/mol. The molecule has 0 atom stereocenters. The molecular formula is C22H22N4O2S. The molecule has 2 aromatic heterocycles. The molecule has 148 valence electrons. The van der Waals surface area contributed by atoms with Gasteiger partial charge in [0.05, 0.1) is 18.4 Å². The van der Waals surface area contributed by atoms with Crippen LogP contribution in [-0.2, 0) is 11.2 Å². The lowest BCUT2D eigenvalue weighted by molar-refractivity contribution is -0.118. The fourth-order valence-corrected chi connectivity index (χ4v) is 4.05. The van der Waals surface area contributed by atoms with Gasteiger partial charge in [-0.2, -0.15) is 0 Å². The van der Waals surface area contributed by atoms with Crippen molar-refractivity contribution in [1.29, 1.82) is 0 Å². The second-order valence-electron chi connectivity index (χ2n) is 6.77. The highest BCUT2D eigenvalue weighted by Gasteiger charge is 2.14. The van der Waals surface area contributed by atoms with Gasteiger partial charge in [-0.1, -0.05) is 42.1 Å². The van der Waals surface area contributed by atoms with Crippen LogP contribution in [0.1, 0.15) is 11.1 Å². The van der Waals surface area contributed by atoms with Crippen molar-refractivity contribution in [2.75, 3.05) is 19.4 Å². The lowest BCUT2D eigenvalue weighted by Crippen LogP contribution is -2.27. The summed E-state index contributed by atoms with van der Waals surface area (Å²) in [6.07, 6.45) is 0.814. The maximum atomic E-state index is 12.3. The molecule has 0 bridgehead atoms. The van der Waals surface area contributed by atoms with Crippen LogP contribution < -0.4 is 10.1 Å². The van der Waals surface area contributed by atoms with Gasteiger partial charge in [0.15, 0.2) is 10.8 Å². The molecule has 29 heavy (non-hydrogen) atoms. The van der Waals surface area contributed by atoms with E-state index in [1.807, 2.05) is 47.7 Å². The number of hydrogen-bond donors (Lipinski definition) is 1. The summed E-state index contributed by atoms with van der Waals surface area (Å²) in [7, 11) is 1.65. The SMILES string of the molecule is COc1ccc2cc(C)c3nnc(SCC(=O)NCCc4ccccc4)n3c2c1. The molecule has 0 spiro atoms. The number of carbonyl (C=O) groups is 1. The van der Waals surface area contributed by atoms with Gasteiger partial charge in [0.25, 0.3) is 0 Å². The van der Waals surface area contributed by atoms with Crippen LogP contribution in [0.25, 0.3) is 16.6 Å². The Bertz CT molecular complexity index is 1160. The highest BCUT2D eigenvalue weighted by molar-refractivity contribution is 7.99. The number of amides is 1. The zero-order chi connectivity index (χ0) is 20.2. The van der Waals surface area contributed by atoms with E-state index in [0.29, 0.717) is 11.7 Å². The first kappa shape index (κ1) is 19.3. The summed E-state index contributed by atoms with van der Waals surface area (Å²) in [6, 6.07) is 18.1. The minimum atomic E-state index is -0.0165. The molecule has 2 heterocycles. The van der Waals surface area contributed by atoms with E-state index in [-0.39, 0.29) is 11.7 Å². The van der Waals surface area contributed by atoms with Gasteiger partial charge in [-0.25, -0.2) is 0 Å². The molecule has 0 radical (unpaired) electrons. The molecule has 0 aliphatic carbocycles. The lowest BCUT2D eigenvalue weighted by atomic mass is 10.1. The number of carbonyl (C=O) groups excluding carboxylic acids is 1. The van der Waals surface area contributed by atoms with E-state index in [1.165, 1.54) is 17.3 Å². The summed E-state index contributed by atoms with van der Waals surface area (Å²) in [5.41, 5.74) is 3.99. The Kier molecular flexibility index (Phi) is 5.67. The van der Waals surface area contributed by atoms with Crippen LogP contribution in [0.2, 0.25) is 0 Å². The van der Waals surface area contributed by atoms with Crippen molar-refractivity contribution in [2.45, 2.75) is 18.5 Å². The summed E-state index contributed by atoms with van der Waals surface area (Å²) >= 11 is 1.38. The average Bonchev–Trinajstić information content (AvgIpc) is 3.18. The standard InChI is InChI=1S/C22H22N4O2S/c1-15-12-17-8-9-18(28-2)13-19(17)26-21(15)24-25-22(26)29-14-20(27)23-11-10-16-6-4-3-5-7-16/h3-9,12-13H,10-11,14H2,1-2H3,(H,23,27). The lowest BCUT2D eigenvalue weighted by Gasteiger charge is -2.09. The molecule has 7 heteroatoms. The molecule has 0 saturated heterocycles. The summed E-state index contributed by atoms with van der Waals surface area (Å²) in [4.78, 5) is 12.3. The maximum Gasteiger partial charge on any atom is 0.230 e. The van der Waals surface area contributed by atoms with Crippen LogP contribution >= 0.6 is 11.8 Å². The van der Waals surface area contributed by atoms with E-state index in [4.69, 9.17) is 4.74 Å². The summed E-state index contributed by atoms with van der Waals surface area (Å²) in [5.74, 6) is 1.04. The van der Waals surface area contributed by atoms with Crippen LogP contribution in [0.4, 0.5) is 0 Å². The Morgan fingerprint density at radius 1 is 1.14 bits per heavy atom. The molecule has 1 amide bonds. The topological polar surface area (TPSA) is 68.5 Å². The van der Waals surface area contributed by atoms with Crippen molar-refractivity contribution < 1.29 is 9.53 Å². The van der Waals surface area contributed by atoms with E-state index in [0.717, 1.165) is 34.3 Å². The molecule has 4 rings (SSSR count). The van der Waals surface area contributed by atoms with Crippen molar-refractivity contribution in [3.63, 3.8) is 0 Å². The van der Waals surface area contributed by atoms with Crippen LogP contribution in [0.15, 0.2) is 59.8 Å².